The third-order valence-corrected chi connectivity index (χ3v) is 4.73. The van der Waals surface area contributed by atoms with Gasteiger partial charge in [0.2, 0.25) is 0 Å². The molecule has 2 aromatic rings. The van der Waals surface area contributed by atoms with Gasteiger partial charge in [0.1, 0.15) is 11.3 Å². The minimum absolute atomic E-state index is 0.143. The summed E-state index contributed by atoms with van der Waals surface area (Å²) in [5.74, 6) is -1.49. The van der Waals surface area contributed by atoms with E-state index >= 15 is 0 Å². The van der Waals surface area contributed by atoms with Gasteiger partial charge in [-0.1, -0.05) is 13.8 Å². The van der Waals surface area contributed by atoms with Gasteiger partial charge in [-0.15, -0.1) is 0 Å². The second kappa shape index (κ2) is 5.72. The standard InChI is InChI=1S/C19H21NO5/c1-5-20-16-10(2)11(6-7-14(16)25-18(20)24)17(23)15-12(21)8-19(3,4)9-13(15)22/h6-7,23H,5,8-9H2,1-4H3. The van der Waals surface area contributed by atoms with E-state index in [1.807, 2.05) is 20.8 Å². The molecule has 1 N–H and O–H groups in total. The molecular formula is C19H21NO5. The number of hydrogen-bond acceptors (Lipinski definition) is 5. The molecule has 0 radical (unpaired) electrons. The zero-order chi connectivity index (χ0) is 18.5. The summed E-state index contributed by atoms with van der Waals surface area (Å²) in [6.07, 6.45) is 0.426. The molecule has 6 nitrogen and oxygen atoms in total. The Balaban J connectivity index is 2.22. The highest BCUT2D eigenvalue weighted by Crippen LogP contribution is 2.37. The lowest BCUT2D eigenvalue weighted by Crippen LogP contribution is -2.32. The van der Waals surface area contributed by atoms with Crippen molar-refractivity contribution in [1.29, 1.82) is 0 Å². The summed E-state index contributed by atoms with van der Waals surface area (Å²) in [5, 5.41) is 10.7. The van der Waals surface area contributed by atoms with Gasteiger partial charge in [-0.3, -0.25) is 14.2 Å². The molecule has 0 spiro atoms. The van der Waals surface area contributed by atoms with Crippen LogP contribution in [0.1, 0.15) is 44.7 Å². The van der Waals surface area contributed by atoms with Crippen molar-refractivity contribution in [3.8, 4) is 0 Å². The number of hydrogen-bond donors (Lipinski definition) is 1. The fraction of sp³-hybridized carbons (Fsp3) is 0.421. The average Bonchev–Trinajstić information content (AvgIpc) is 2.81. The SMILES string of the molecule is CCn1c(=O)oc2ccc(C(O)=C3C(=O)CC(C)(C)CC3=O)c(C)c21. The predicted molar refractivity (Wildman–Crippen MR) is 93.5 cm³/mol. The number of aromatic nitrogens is 1. The van der Waals surface area contributed by atoms with Crippen LogP contribution in [0.15, 0.2) is 26.9 Å². The van der Waals surface area contributed by atoms with E-state index in [2.05, 4.69) is 0 Å². The molecule has 0 bridgehead atoms. The Morgan fingerprint density at radius 2 is 1.80 bits per heavy atom. The van der Waals surface area contributed by atoms with Crippen LogP contribution in [0.4, 0.5) is 0 Å². The maximum Gasteiger partial charge on any atom is 0.419 e. The molecule has 0 aliphatic heterocycles. The first kappa shape index (κ1) is 17.2. The van der Waals surface area contributed by atoms with Crippen molar-refractivity contribution < 1.29 is 19.1 Å². The number of benzene rings is 1. The van der Waals surface area contributed by atoms with Gasteiger partial charge in [-0.05, 0) is 37.0 Å². The summed E-state index contributed by atoms with van der Waals surface area (Å²) < 4.78 is 6.65. The number of ketones is 2. The predicted octanol–water partition coefficient (Wildman–Crippen LogP) is 3.15. The van der Waals surface area contributed by atoms with Gasteiger partial charge >= 0.3 is 5.76 Å². The van der Waals surface area contributed by atoms with Crippen molar-refractivity contribution in [2.75, 3.05) is 0 Å². The maximum atomic E-state index is 12.4. The van der Waals surface area contributed by atoms with Gasteiger partial charge in [0.25, 0.3) is 0 Å². The third kappa shape index (κ3) is 2.71. The van der Waals surface area contributed by atoms with Gasteiger partial charge in [0.05, 0.1) is 5.52 Å². The van der Waals surface area contributed by atoms with Gasteiger partial charge in [-0.25, -0.2) is 4.79 Å². The van der Waals surface area contributed by atoms with Crippen LogP contribution >= 0.6 is 0 Å². The minimum atomic E-state index is -0.475. The van der Waals surface area contributed by atoms with E-state index in [-0.39, 0.29) is 35.7 Å². The third-order valence-electron chi connectivity index (χ3n) is 4.73. The highest BCUT2D eigenvalue weighted by Gasteiger charge is 2.38. The lowest BCUT2D eigenvalue weighted by Gasteiger charge is -2.29. The summed E-state index contributed by atoms with van der Waals surface area (Å²) in [6.45, 7) is 7.69. The molecule has 1 aliphatic rings. The number of Topliss-reactive ketones (excluding diaryl/α,β-unsaturated/α-hetero) is 2. The van der Waals surface area contributed by atoms with E-state index in [0.29, 0.717) is 28.8 Å². The molecule has 1 aliphatic carbocycles. The molecule has 0 amide bonds. The van der Waals surface area contributed by atoms with Crippen LogP contribution < -0.4 is 5.76 Å². The number of aryl methyl sites for hydroxylation is 2. The average molecular weight is 343 g/mol. The van der Waals surface area contributed by atoms with Crippen LogP contribution in [-0.2, 0) is 16.1 Å². The van der Waals surface area contributed by atoms with E-state index in [0.717, 1.165) is 0 Å². The highest BCUT2D eigenvalue weighted by molar-refractivity contribution is 6.26. The molecule has 6 heteroatoms. The van der Waals surface area contributed by atoms with Crippen molar-refractivity contribution in [2.45, 2.75) is 47.1 Å². The molecule has 25 heavy (non-hydrogen) atoms. The number of carbonyl (C=O) groups is 2. The fourth-order valence-electron chi connectivity index (χ4n) is 3.54. The Kier molecular flexibility index (Phi) is 3.94. The topological polar surface area (TPSA) is 89.5 Å². The van der Waals surface area contributed by atoms with Crippen LogP contribution in [0.2, 0.25) is 0 Å². The molecule has 0 saturated heterocycles. The summed E-state index contributed by atoms with van der Waals surface area (Å²) in [6, 6.07) is 3.15. The van der Waals surface area contributed by atoms with Crippen molar-refractivity contribution in [3.63, 3.8) is 0 Å². The number of aliphatic hydroxyl groups is 1. The zero-order valence-electron chi connectivity index (χ0n) is 14.8. The number of fused-ring (bicyclic) bond motifs is 1. The summed E-state index contributed by atoms with van der Waals surface area (Å²) in [4.78, 5) is 36.7. The second-order valence-electron chi connectivity index (χ2n) is 7.28. The quantitative estimate of drug-likeness (QED) is 0.514. The molecule has 1 saturated carbocycles. The van der Waals surface area contributed by atoms with Gasteiger partial charge in [0.15, 0.2) is 17.1 Å². The summed E-state index contributed by atoms with van der Waals surface area (Å²) >= 11 is 0. The molecule has 0 atom stereocenters. The Bertz CT molecular complexity index is 965. The molecule has 0 unspecified atom stereocenters. The molecule has 1 fully saturated rings. The van der Waals surface area contributed by atoms with Crippen molar-refractivity contribution in [3.05, 3.63) is 39.4 Å². The lowest BCUT2D eigenvalue weighted by atomic mass is 9.73. The maximum absolute atomic E-state index is 12.4. The van der Waals surface area contributed by atoms with Gasteiger partial charge in [-0.2, -0.15) is 0 Å². The van der Waals surface area contributed by atoms with Crippen molar-refractivity contribution in [1.82, 2.24) is 4.57 Å². The van der Waals surface area contributed by atoms with Crippen LogP contribution in [-0.4, -0.2) is 21.2 Å². The minimum Gasteiger partial charge on any atom is -0.506 e. The largest absolute Gasteiger partial charge is 0.506 e. The summed E-state index contributed by atoms with van der Waals surface area (Å²) in [5.41, 5.74) is 1.40. The van der Waals surface area contributed by atoms with Crippen LogP contribution in [0.5, 0.6) is 0 Å². The van der Waals surface area contributed by atoms with Gasteiger partial charge in [0, 0.05) is 24.9 Å². The number of rotatable bonds is 2. The van der Waals surface area contributed by atoms with E-state index in [9.17, 15) is 19.5 Å². The van der Waals surface area contributed by atoms with E-state index in [4.69, 9.17) is 4.42 Å². The number of aliphatic hydroxyl groups excluding tert-OH is 1. The Labute approximate surface area is 144 Å². The fourth-order valence-corrected chi connectivity index (χ4v) is 3.54. The Morgan fingerprint density at radius 1 is 1.20 bits per heavy atom. The lowest BCUT2D eigenvalue weighted by molar-refractivity contribution is -0.127. The number of nitrogens with zero attached hydrogens (tertiary/aromatic N) is 1. The monoisotopic (exact) mass is 343 g/mol. The van der Waals surface area contributed by atoms with Crippen LogP contribution in [0.3, 0.4) is 0 Å². The van der Waals surface area contributed by atoms with E-state index in [1.165, 1.54) is 4.57 Å². The first-order valence-electron chi connectivity index (χ1n) is 8.29. The molecule has 1 heterocycles. The van der Waals surface area contributed by atoms with E-state index in [1.54, 1.807) is 19.1 Å². The van der Waals surface area contributed by atoms with Crippen LogP contribution in [0, 0.1) is 12.3 Å². The first-order chi connectivity index (χ1) is 11.7. The van der Waals surface area contributed by atoms with Crippen molar-refractivity contribution in [2.24, 2.45) is 5.41 Å². The molecule has 1 aromatic heterocycles. The smallest absolute Gasteiger partial charge is 0.419 e. The first-order valence-corrected chi connectivity index (χ1v) is 8.29. The highest BCUT2D eigenvalue weighted by atomic mass is 16.4. The molecule has 132 valence electrons. The second-order valence-corrected chi connectivity index (χ2v) is 7.28. The number of allylic oxidation sites excluding steroid dienone is 1. The Hall–Kier alpha value is -2.63. The zero-order valence-corrected chi connectivity index (χ0v) is 14.8. The Morgan fingerprint density at radius 3 is 2.36 bits per heavy atom. The normalized spacial score (nSPS) is 17.4. The molecule has 3 rings (SSSR count). The van der Waals surface area contributed by atoms with Crippen molar-refractivity contribution >= 4 is 28.4 Å². The summed E-state index contributed by atoms with van der Waals surface area (Å²) in [7, 11) is 0. The molecular weight excluding hydrogens is 322 g/mol. The van der Waals surface area contributed by atoms with Gasteiger partial charge < -0.3 is 9.52 Å². The number of oxazole rings is 1. The molecule has 1 aromatic carbocycles. The number of carbonyl (C=O) groups excluding carboxylic acids is 2. The van der Waals surface area contributed by atoms with E-state index < -0.39 is 11.2 Å². The van der Waals surface area contributed by atoms with Crippen LogP contribution in [0.25, 0.3) is 16.9 Å².